The number of nitrogens with one attached hydrogen (secondary N) is 1. The normalized spacial score (nSPS) is 16.4. The number of rotatable bonds is 9. The van der Waals surface area contributed by atoms with Crippen LogP contribution in [0.4, 0.5) is 0 Å². The van der Waals surface area contributed by atoms with Crippen LogP contribution < -0.4 is 5.32 Å². The Bertz CT molecular complexity index is 396. The first-order valence-corrected chi connectivity index (χ1v) is 8.58. The van der Waals surface area contributed by atoms with Crippen LogP contribution in [0.25, 0.3) is 0 Å². The largest absolute Gasteiger partial charge is 0.360 e. The minimum absolute atomic E-state index is 0.742. The summed E-state index contributed by atoms with van der Waals surface area (Å²) in [7, 11) is 0. The fraction of sp³-hybridized carbons (Fsp3) is 0.824. The Morgan fingerprint density at radius 3 is 2.81 bits per heavy atom. The van der Waals surface area contributed by atoms with Crippen LogP contribution in [0, 0.1) is 5.92 Å². The Morgan fingerprint density at radius 1 is 1.38 bits per heavy atom. The summed E-state index contributed by atoms with van der Waals surface area (Å²) >= 11 is 0. The zero-order chi connectivity index (χ0) is 15.1. The van der Waals surface area contributed by atoms with Crippen LogP contribution in [0.15, 0.2) is 10.6 Å². The van der Waals surface area contributed by atoms with E-state index in [9.17, 15) is 0 Å². The molecular weight excluding hydrogens is 262 g/mol. The summed E-state index contributed by atoms with van der Waals surface area (Å²) in [5.74, 6) is 1.77. The van der Waals surface area contributed by atoms with E-state index in [1.54, 1.807) is 0 Å². The second-order valence-electron chi connectivity index (χ2n) is 6.66. The molecule has 1 aromatic heterocycles. The first kappa shape index (κ1) is 16.5. The van der Waals surface area contributed by atoms with Gasteiger partial charge in [0, 0.05) is 18.7 Å². The Labute approximate surface area is 129 Å². The molecule has 21 heavy (non-hydrogen) atoms. The Kier molecular flexibility index (Phi) is 6.71. The molecule has 0 aliphatic heterocycles. The third-order valence-corrected chi connectivity index (χ3v) is 4.36. The van der Waals surface area contributed by atoms with E-state index in [-0.39, 0.29) is 0 Å². The smallest absolute Gasteiger partial charge is 0.151 e. The molecule has 0 unspecified atom stereocenters. The third kappa shape index (κ3) is 5.44. The van der Waals surface area contributed by atoms with E-state index in [1.807, 2.05) is 0 Å². The monoisotopic (exact) mass is 293 g/mol. The molecule has 0 atom stereocenters. The van der Waals surface area contributed by atoms with Gasteiger partial charge in [-0.25, -0.2) is 0 Å². The highest BCUT2D eigenvalue weighted by molar-refractivity contribution is 5.05. The molecule has 120 valence electrons. The average molecular weight is 293 g/mol. The van der Waals surface area contributed by atoms with Crippen LogP contribution in [0.2, 0.25) is 0 Å². The summed E-state index contributed by atoms with van der Waals surface area (Å²) in [6.07, 6.45) is 6.71. The van der Waals surface area contributed by atoms with Gasteiger partial charge in [0.2, 0.25) is 0 Å². The molecule has 1 aromatic rings. The zero-order valence-electron chi connectivity index (χ0n) is 13.9. The van der Waals surface area contributed by atoms with Crippen LogP contribution in [0.1, 0.15) is 64.3 Å². The van der Waals surface area contributed by atoms with Gasteiger partial charge in [-0.05, 0) is 38.3 Å². The van der Waals surface area contributed by atoms with E-state index in [4.69, 9.17) is 4.52 Å². The van der Waals surface area contributed by atoms with E-state index in [0.717, 1.165) is 43.0 Å². The maximum atomic E-state index is 5.53. The molecular formula is C17H31N3O. The standard InChI is InChI=1S/C17H31N3O/c1-4-18-12-15-11-17(21-19-15)13-20(10-9-14(2)3)16-7-5-6-8-16/h11,14,16,18H,4-10,12-13H2,1-3H3. The molecule has 0 amide bonds. The van der Waals surface area contributed by atoms with Gasteiger partial charge < -0.3 is 9.84 Å². The lowest BCUT2D eigenvalue weighted by Gasteiger charge is -2.28. The molecule has 0 aromatic carbocycles. The van der Waals surface area contributed by atoms with Crippen molar-refractivity contribution in [3.05, 3.63) is 17.5 Å². The summed E-state index contributed by atoms with van der Waals surface area (Å²) in [5, 5.41) is 7.45. The lowest BCUT2D eigenvalue weighted by atomic mass is 10.1. The first-order chi connectivity index (χ1) is 10.2. The highest BCUT2D eigenvalue weighted by Crippen LogP contribution is 2.25. The molecule has 1 heterocycles. The first-order valence-electron chi connectivity index (χ1n) is 8.58. The molecule has 4 heteroatoms. The second kappa shape index (κ2) is 8.54. The molecule has 1 N–H and O–H groups in total. The topological polar surface area (TPSA) is 41.3 Å². The fourth-order valence-corrected chi connectivity index (χ4v) is 3.05. The Morgan fingerprint density at radius 2 is 2.14 bits per heavy atom. The molecule has 0 spiro atoms. The van der Waals surface area contributed by atoms with Gasteiger partial charge in [0.05, 0.1) is 12.2 Å². The number of aromatic nitrogens is 1. The summed E-state index contributed by atoms with van der Waals surface area (Å²) in [5.41, 5.74) is 1.02. The van der Waals surface area contributed by atoms with Gasteiger partial charge in [0.15, 0.2) is 5.76 Å². The van der Waals surface area contributed by atoms with Crippen LogP contribution in [-0.4, -0.2) is 29.2 Å². The van der Waals surface area contributed by atoms with Crippen molar-refractivity contribution in [3.8, 4) is 0 Å². The maximum absolute atomic E-state index is 5.53. The van der Waals surface area contributed by atoms with Gasteiger partial charge in [-0.3, -0.25) is 4.90 Å². The van der Waals surface area contributed by atoms with E-state index in [2.05, 4.69) is 42.2 Å². The van der Waals surface area contributed by atoms with Crippen LogP contribution in [0.5, 0.6) is 0 Å². The van der Waals surface area contributed by atoms with Gasteiger partial charge in [-0.2, -0.15) is 0 Å². The lowest BCUT2D eigenvalue weighted by molar-refractivity contribution is 0.161. The Hall–Kier alpha value is -0.870. The van der Waals surface area contributed by atoms with Crippen molar-refractivity contribution >= 4 is 0 Å². The predicted molar refractivity (Wildman–Crippen MR) is 86.0 cm³/mol. The van der Waals surface area contributed by atoms with Gasteiger partial charge in [0.25, 0.3) is 0 Å². The average Bonchev–Trinajstić information content (AvgIpc) is 3.12. The van der Waals surface area contributed by atoms with Crippen molar-refractivity contribution in [1.82, 2.24) is 15.4 Å². The van der Waals surface area contributed by atoms with Crippen molar-refractivity contribution in [2.75, 3.05) is 13.1 Å². The molecule has 4 nitrogen and oxygen atoms in total. The van der Waals surface area contributed by atoms with E-state index in [1.165, 1.54) is 38.6 Å². The van der Waals surface area contributed by atoms with Gasteiger partial charge in [-0.15, -0.1) is 0 Å². The van der Waals surface area contributed by atoms with E-state index in [0.29, 0.717) is 0 Å². The van der Waals surface area contributed by atoms with Crippen LogP contribution >= 0.6 is 0 Å². The molecule has 0 saturated heterocycles. The fourth-order valence-electron chi connectivity index (χ4n) is 3.05. The van der Waals surface area contributed by atoms with Gasteiger partial charge >= 0.3 is 0 Å². The number of nitrogens with zero attached hydrogens (tertiary/aromatic N) is 2. The molecule has 2 rings (SSSR count). The minimum Gasteiger partial charge on any atom is -0.360 e. The third-order valence-electron chi connectivity index (χ3n) is 4.36. The van der Waals surface area contributed by atoms with Crippen molar-refractivity contribution in [3.63, 3.8) is 0 Å². The van der Waals surface area contributed by atoms with Gasteiger partial charge in [0.1, 0.15) is 0 Å². The summed E-state index contributed by atoms with van der Waals surface area (Å²) in [6, 6.07) is 2.85. The SMILES string of the molecule is CCNCc1cc(CN(CCC(C)C)C2CCCC2)on1. The predicted octanol–water partition coefficient (Wildman–Crippen LogP) is 3.57. The molecule has 1 aliphatic carbocycles. The highest BCUT2D eigenvalue weighted by atomic mass is 16.5. The van der Waals surface area contributed by atoms with Crippen molar-refractivity contribution in [2.24, 2.45) is 5.92 Å². The molecule has 0 radical (unpaired) electrons. The van der Waals surface area contributed by atoms with Gasteiger partial charge in [-0.1, -0.05) is 38.8 Å². The zero-order valence-corrected chi connectivity index (χ0v) is 13.9. The molecule has 0 bridgehead atoms. The van der Waals surface area contributed by atoms with E-state index < -0.39 is 0 Å². The lowest BCUT2D eigenvalue weighted by Crippen LogP contribution is -2.34. The maximum Gasteiger partial charge on any atom is 0.151 e. The van der Waals surface area contributed by atoms with E-state index >= 15 is 0 Å². The van der Waals surface area contributed by atoms with Crippen LogP contribution in [0.3, 0.4) is 0 Å². The summed E-state index contributed by atoms with van der Waals surface area (Å²) < 4.78 is 5.53. The van der Waals surface area contributed by atoms with Crippen molar-refractivity contribution < 1.29 is 4.52 Å². The Balaban J connectivity index is 1.91. The molecule has 1 aliphatic rings. The minimum atomic E-state index is 0.742. The van der Waals surface area contributed by atoms with Crippen molar-refractivity contribution in [2.45, 2.75) is 72.0 Å². The van der Waals surface area contributed by atoms with Crippen LogP contribution in [-0.2, 0) is 13.1 Å². The van der Waals surface area contributed by atoms with Crippen molar-refractivity contribution in [1.29, 1.82) is 0 Å². The molecule has 1 saturated carbocycles. The second-order valence-corrected chi connectivity index (χ2v) is 6.66. The highest BCUT2D eigenvalue weighted by Gasteiger charge is 2.23. The number of hydrogen-bond donors (Lipinski definition) is 1. The summed E-state index contributed by atoms with van der Waals surface area (Å²) in [4.78, 5) is 2.62. The number of hydrogen-bond acceptors (Lipinski definition) is 4. The summed E-state index contributed by atoms with van der Waals surface area (Å²) in [6.45, 7) is 10.6. The quantitative estimate of drug-likeness (QED) is 0.755. The molecule has 1 fully saturated rings.